The molecule has 110 valence electrons. The molecule has 20 heavy (non-hydrogen) atoms. The van der Waals surface area contributed by atoms with Crippen molar-refractivity contribution in [2.75, 3.05) is 20.7 Å². The summed E-state index contributed by atoms with van der Waals surface area (Å²) in [6.45, 7) is 0.811. The zero-order valence-corrected chi connectivity index (χ0v) is 11.5. The number of rotatable bonds is 7. The molecule has 0 spiro atoms. The third kappa shape index (κ3) is 4.58. The van der Waals surface area contributed by atoms with Crippen molar-refractivity contribution in [3.05, 3.63) is 39.7 Å². The zero-order chi connectivity index (χ0) is 15.1. The van der Waals surface area contributed by atoms with E-state index in [1.54, 1.807) is 11.9 Å². The summed E-state index contributed by atoms with van der Waals surface area (Å²) in [5, 5.41) is 10.6. The van der Waals surface area contributed by atoms with E-state index in [4.69, 9.17) is 0 Å². The van der Waals surface area contributed by atoms with Crippen LogP contribution in [0.15, 0.2) is 18.2 Å². The molecule has 0 saturated heterocycles. The summed E-state index contributed by atoms with van der Waals surface area (Å²) in [6, 6.07) is 4.11. The summed E-state index contributed by atoms with van der Waals surface area (Å²) < 4.78 is 18.4. The number of methoxy groups -OCH3 is 1. The maximum Gasteiger partial charge on any atom is 0.305 e. The zero-order valence-electron chi connectivity index (χ0n) is 11.5. The number of nitrogens with zero attached hydrogens (tertiary/aromatic N) is 2. The predicted octanol–water partition coefficient (Wildman–Crippen LogP) is 2.12. The van der Waals surface area contributed by atoms with Crippen LogP contribution in [0.2, 0.25) is 0 Å². The molecule has 1 rings (SSSR count). The Morgan fingerprint density at radius 1 is 1.50 bits per heavy atom. The monoisotopic (exact) mass is 284 g/mol. The smallest absolute Gasteiger partial charge is 0.305 e. The van der Waals surface area contributed by atoms with Crippen LogP contribution in [0.25, 0.3) is 0 Å². The first-order valence-corrected chi connectivity index (χ1v) is 6.13. The average Bonchev–Trinajstić information content (AvgIpc) is 2.40. The Bertz CT molecular complexity index is 493. The lowest BCUT2D eigenvalue weighted by molar-refractivity contribution is -0.387. The van der Waals surface area contributed by atoms with E-state index in [0.29, 0.717) is 13.0 Å². The van der Waals surface area contributed by atoms with Crippen LogP contribution >= 0.6 is 0 Å². The minimum absolute atomic E-state index is 0.245. The van der Waals surface area contributed by atoms with Gasteiger partial charge in [-0.1, -0.05) is 12.1 Å². The summed E-state index contributed by atoms with van der Waals surface area (Å²) in [5.74, 6) is -1.10. The fourth-order valence-corrected chi connectivity index (χ4v) is 1.79. The van der Waals surface area contributed by atoms with E-state index in [0.717, 1.165) is 6.07 Å². The number of nitro groups is 1. The molecule has 6 nitrogen and oxygen atoms in total. The number of hydrogen-bond donors (Lipinski definition) is 0. The predicted molar refractivity (Wildman–Crippen MR) is 70.6 cm³/mol. The summed E-state index contributed by atoms with van der Waals surface area (Å²) in [5.41, 5.74) is -0.259. The van der Waals surface area contributed by atoms with E-state index in [9.17, 15) is 19.3 Å². The standard InChI is InChI=1S/C13H17FN2O4/c1-15(8-4-7-12(17)20-2)9-10-5-3-6-11(13(10)14)16(18)19/h3,5-6H,4,7-9H2,1-2H3. The number of carbonyl (C=O) groups is 1. The van der Waals surface area contributed by atoms with Crippen LogP contribution in [0.3, 0.4) is 0 Å². The summed E-state index contributed by atoms with van der Waals surface area (Å²) in [7, 11) is 3.08. The van der Waals surface area contributed by atoms with E-state index in [2.05, 4.69) is 4.74 Å². The van der Waals surface area contributed by atoms with Gasteiger partial charge >= 0.3 is 11.7 Å². The maximum atomic E-state index is 13.8. The maximum absolute atomic E-state index is 13.8. The van der Waals surface area contributed by atoms with Gasteiger partial charge in [0, 0.05) is 24.6 Å². The van der Waals surface area contributed by atoms with Crippen LogP contribution in [0.1, 0.15) is 18.4 Å². The Labute approximate surface area is 116 Å². The van der Waals surface area contributed by atoms with Gasteiger partial charge < -0.3 is 9.64 Å². The molecule has 1 aromatic rings. The molecular weight excluding hydrogens is 267 g/mol. The molecule has 0 saturated carbocycles. The van der Waals surface area contributed by atoms with E-state index < -0.39 is 16.4 Å². The highest BCUT2D eigenvalue weighted by atomic mass is 19.1. The van der Waals surface area contributed by atoms with Gasteiger partial charge in [0.1, 0.15) is 0 Å². The lowest BCUT2D eigenvalue weighted by atomic mass is 10.1. The molecule has 0 unspecified atom stereocenters. The number of ether oxygens (including phenoxy) is 1. The molecule has 0 amide bonds. The molecule has 0 bridgehead atoms. The van der Waals surface area contributed by atoms with Gasteiger partial charge in [-0.2, -0.15) is 4.39 Å². The molecular formula is C13H17FN2O4. The van der Waals surface area contributed by atoms with Gasteiger partial charge in [0.15, 0.2) is 0 Å². The summed E-state index contributed by atoms with van der Waals surface area (Å²) in [6.07, 6.45) is 0.873. The summed E-state index contributed by atoms with van der Waals surface area (Å²) in [4.78, 5) is 22.6. The Morgan fingerprint density at radius 3 is 2.80 bits per heavy atom. The normalized spacial score (nSPS) is 10.6. The first kappa shape index (κ1) is 16.0. The van der Waals surface area contributed by atoms with Crippen LogP contribution in [0, 0.1) is 15.9 Å². The van der Waals surface area contributed by atoms with E-state index in [1.807, 2.05) is 0 Å². The van der Waals surface area contributed by atoms with Crippen molar-refractivity contribution in [3.8, 4) is 0 Å². The molecule has 0 atom stereocenters. The van der Waals surface area contributed by atoms with E-state index >= 15 is 0 Å². The van der Waals surface area contributed by atoms with Crippen molar-refractivity contribution < 1.29 is 18.8 Å². The number of hydrogen-bond acceptors (Lipinski definition) is 5. The second-order valence-corrected chi connectivity index (χ2v) is 4.42. The Balaban J connectivity index is 2.58. The molecule has 0 fully saturated rings. The fourth-order valence-electron chi connectivity index (χ4n) is 1.79. The van der Waals surface area contributed by atoms with Crippen LogP contribution in [0.4, 0.5) is 10.1 Å². The Hall–Kier alpha value is -2.02. The van der Waals surface area contributed by atoms with Crippen LogP contribution < -0.4 is 0 Å². The third-order valence-corrected chi connectivity index (χ3v) is 2.84. The third-order valence-electron chi connectivity index (χ3n) is 2.84. The van der Waals surface area contributed by atoms with Gasteiger partial charge in [0.05, 0.1) is 12.0 Å². The van der Waals surface area contributed by atoms with Gasteiger partial charge in [-0.15, -0.1) is 0 Å². The van der Waals surface area contributed by atoms with Gasteiger partial charge in [0.2, 0.25) is 5.82 Å². The van der Waals surface area contributed by atoms with Crippen molar-refractivity contribution >= 4 is 11.7 Å². The number of nitro benzene ring substituents is 1. The van der Waals surface area contributed by atoms with Crippen LogP contribution in [-0.4, -0.2) is 36.5 Å². The first-order valence-electron chi connectivity index (χ1n) is 6.13. The molecule has 0 radical (unpaired) electrons. The molecule has 0 heterocycles. The molecule has 0 N–H and O–H groups in total. The van der Waals surface area contributed by atoms with Crippen molar-refractivity contribution in [1.29, 1.82) is 0 Å². The SMILES string of the molecule is COC(=O)CCCN(C)Cc1cccc([N+](=O)[O-])c1F. The lowest BCUT2D eigenvalue weighted by Gasteiger charge is -2.16. The molecule has 0 aliphatic rings. The topological polar surface area (TPSA) is 72.7 Å². The van der Waals surface area contributed by atoms with Gasteiger partial charge in [-0.05, 0) is 20.0 Å². The second-order valence-electron chi connectivity index (χ2n) is 4.42. The van der Waals surface area contributed by atoms with Crippen molar-refractivity contribution in [2.45, 2.75) is 19.4 Å². The van der Waals surface area contributed by atoms with Gasteiger partial charge in [-0.3, -0.25) is 14.9 Å². The van der Waals surface area contributed by atoms with Crippen molar-refractivity contribution in [2.24, 2.45) is 0 Å². The largest absolute Gasteiger partial charge is 0.469 e. The van der Waals surface area contributed by atoms with Crippen LogP contribution in [0.5, 0.6) is 0 Å². The second kappa shape index (κ2) is 7.54. The molecule has 7 heteroatoms. The molecule has 0 aromatic heterocycles. The number of carbonyl (C=O) groups excluding carboxylic acids is 1. The van der Waals surface area contributed by atoms with E-state index in [-0.39, 0.29) is 24.5 Å². The van der Waals surface area contributed by atoms with E-state index in [1.165, 1.54) is 19.2 Å². The number of benzene rings is 1. The lowest BCUT2D eigenvalue weighted by Crippen LogP contribution is -2.21. The summed E-state index contributed by atoms with van der Waals surface area (Å²) >= 11 is 0. The highest BCUT2D eigenvalue weighted by molar-refractivity contribution is 5.69. The molecule has 0 aliphatic heterocycles. The van der Waals surface area contributed by atoms with Crippen LogP contribution in [-0.2, 0) is 16.1 Å². The quantitative estimate of drug-likeness (QED) is 0.435. The first-order chi connectivity index (χ1) is 9.45. The molecule has 1 aromatic carbocycles. The average molecular weight is 284 g/mol. The van der Waals surface area contributed by atoms with Gasteiger partial charge in [-0.25, -0.2) is 0 Å². The fraction of sp³-hybridized carbons (Fsp3) is 0.462. The number of halogens is 1. The highest BCUT2D eigenvalue weighted by Crippen LogP contribution is 2.21. The van der Waals surface area contributed by atoms with Crippen molar-refractivity contribution in [1.82, 2.24) is 4.90 Å². The Morgan fingerprint density at radius 2 is 2.20 bits per heavy atom. The van der Waals surface area contributed by atoms with Crippen molar-refractivity contribution in [3.63, 3.8) is 0 Å². The minimum Gasteiger partial charge on any atom is -0.469 e. The molecule has 0 aliphatic carbocycles. The Kier molecular flexibility index (Phi) is 6.05. The number of esters is 1. The minimum atomic E-state index is -0.808. The highest BCUT2D eigenvalue weighted by Gasteiger charge is 2.17. The van der Waals surface area contributed by atoms with Gasteiger partial charge in [0.25, 0.3) is 0 Å².